The highest BCUT2D eigenvalue weighted by Crippen LogP contribution is 2.21. The van der Waals surface area contributed by atoms with Crippen LogP contribution < -0.4 is 20.9 Å². The maximum atomic E-state index is 12.7. The Kier molecular flexibility index (Phi) is 4.77. The van der Waals surface area contributed by atoms with Crippen LogP contribution in [0.25, 0.3) is 0 Å². The molecule has 3 N–H and O–H groups in total. The Morgan fingerprint density at radius 2 is 2.22 bits per heavy atom. The molecule has 0 radical (unpaired) electrons. The summed E-state index contributed by atoms with van der Waals surface area (Å²) in [5, 5.41) is 9.14. The molecule has 1 aromatic heterocycles. The second-order valence-electron chi connectivity index (χ2n) is 6.87. The van der Waals surface area contributed by atoms with Crippen molar-refractivity contribution in [2.75, 3.05) is 24.5 Å². The predicted molar refractivity (Wildman–Crippen MR) is 103 cm³/mol. The highest BCUT2D eigenvalue weighted by atomic mass is 16.2. The molecule has 140 valence electrons. The zero-order valence-corrected chi connectivity index (χ0v) is 15.3. The molecule has 0 unspecified atom stereocenters. The van der Waals surface area contributed by atoms with Crippen molar-refractivity contribution in [1.82, 2.24) is 20.9 Å². The molecule has 0 spiro atoms. The fraction of sp³-hybridized carbons (Fsp3) is 0.350. The molecule has 1 aromatic carbocycles. The van der Waals surface area contributed by atoms with Gasteiger partial charge in [0.2, 0.25) is 0 Å². The maximum Gasteiger partial charge on any atom is 0.321 e. The second kappa shape index (κ2) is 7.36. The highest BCUT2D eigenvalue weighted by molar-refractivity contribution is 5.98. The minimum atomic E-state index is -0.151. The van der Waals surface area contributed by atoms with Crippen LogP contribution >= 0.6 is 0 Å². The zero-order valence-electron chi connectivity index (χ0n) is 15.3. The van der Waals surface area contributed by atoms with Crippen LogP contribution in [0.1, 0.15) is 32.7 Å². The highest BCUT2D eigenvalue weighted by Gasteiger charge is 2.22. The molecule has 27 heavy (non-hydrogen) atoms. The number of nitrogens with zero attached hydrogens (tertiary/aromatic N) is 2. The SMILES string of the molecule is Cc1ncc2c(c1CNC(=O)c1cccc(N3CCNC3=O)c1)CCNC2. The number of anilines is 1. The molecule has 0 bridgehead atoms. The van der Waals surface area contributed by atoms with Crippen LogP contribution in [0.4, 0.5) is 10.5 Å². The van der Waals surface area contributed by atoms with E-state index in [1.165, 1.54) is 11.1 Å². The smallest absolute Gasteiger partial charge is 0.321 e. The Balaban J connectivity index is 1.50. The van der Waals surface area contributed by atoms with Gasteiger partial charge in [-0.25, -0.2) is 4.79 Å². The van der Waals surface area contributed by atoms with Gasteiger partial charge in [0.25, 0.3) is 5.91 Å². The summed E-state index contributed by atoms with van der Waals surface area (Å²) in [6.45, 7) is 5.43. The molecule has 2 aliphatic heterocycles. The van der Waals surface area contributed by atoms with E-state index in [1.54, 1.807) is 23.1 Å². The van der Waals surface area contributed by atoms with Crippen LogP contribution in [0.15, 0.2) is 30.5 Å². The van der Waals surface area contributed by atoms with Gasteiger partial charge in [0.1, 0.15) is 0 Å². The molecule has 3 amide bonds. The minimum absolute atomic E-state index is 0.126. The molecule has 4 rings (SSSR count). The fourth-order valence-electron chi connectivity index (χ4n) is 3.68. The molecule has 0 aliphatic carbocycles. The Labute approximate surface area is 158 Å². The van der Waals surface area contributed by atoms with E-state index in [2.05, 4.69) is 20.9 Å². The number of hydrogen-bond donors (Lipinski definition) is 3. The number of pyridine rings is 1. The number of fused-ring (bicyclic) bond motifs is 1. The summed E-state index contributed by atoms with van der Waals surface area (Å²) in [5.74, 6) is -0.151. The Hall–Kier alpha value is -2.93. The maximum absolute atomic E-state index is 12.7. The molecular formula is C20H23N5O2. The zero-order chi connectivity index (χ0) is 18.8. The van der Waals surface area contributed by atoms with E-state index in [9.17, 15) is 9.59 Å². The lowest BCUT2D eigenvalue weighted by Crippen LogP contribution is -2.29. The van der Waals surface area contributed by atoms with Gasteiger partial charge in [-0.1, -0.05) is 6.07 Å². The van der Waals surface area contributed by atoms with Gasteiger partial charge < -0.3 is 16.0 Å². The molecule has 7 nitrogen and oxygen atoms in total. The van der Waals surface area contributed by atoms with Crippen LogP contribution in [-0.4, -0.2) is 36.6 Å². The number of aromatic nitrogens is 1. The van der Waals surface area contributed by atoms with Crippen molar-refractivity contribution in [3.8, 4) is 0 Å². The van der Waals surface area contributed by atoms with E-state index < -0.39 is 0 Å². The third-order valence-electron chi connectivity index (χ3n) is 5.17. The number of aryl methyl sites for hydroxylation is 1. The molecule has 2 aliphatic rings. The summed E-state index contributed by atoms with van der Waals surface area (Å²) >= 11 is 0. The van der Waals surface area contributed by atoms with E-state index in [0.29, 0.717) is 25.2 Å². The summed E-state index contributed by atoms with van der Waals surface area (Å²) in [6, 6.07) is 7.05. The first-order valence-corrected chi connectivity index (χ1v) is 9.24. The van der Waals surface area contributed by atoms with Gasteiger partial charge in [0.05, 0.1) is 0 Å². The number of urea groups is 1. The van der Waals surface area contributed by atoms with E-state index in [0.717, 1.165) is 36.5 Å². The monoisotopic (exact) mass is 365 g/mol. The lowest BCUT2D eigenvalue weighted by Gasteiger charge is -2.21. The van der Waals surface area contributed by atoms with Gasteiger partial charge in [-0.15, -0.1) is 0 Å². The Morgan fingerprint density at radius 3 is 3.04 bits per heavy atom. The summed E-state index contributed by atoms with van der Waals surface area (Å²) in [4.78, 5) is 30.6. The van der Waals surface area contributed by atoms with Crippen molar-refractivity contribution in [2.45, 2.75) is 26.4 Å². The first-order valence-electron chi connectivity index (χ1n) is 9.24. The number of rotatable bonds is 4. The molecule has 0 atom stereocenters. The van der Waals surface area contributed by atoms with E-state index in [4.69, 9.17) is 0 Å². The van der Waals surface area contributed by atoms with Gasteiger partial charge in [-0.2, -0.15) is 0 Å². The normalized spacial score (nSPS) is 16.0. The third-order valence-corrected chi connectivity index (χ3v) is 5.17. The van der Waals surface area contributed by atoms with Crippen molar-refractivity contribution in [3.05, 3.63) is 58.4 Å². The molecule has 3 heterocycles. The average Bonchev–Trinajstić information content (AvgIpc) is 3.13. The average molecular weight is 365 g/mol. The van der Waals surface area contributed by atoms with E-state index >= 15 is 0 Å². The predicted octanol–water partition coefficient (Wildman–Crippen LogP) is 1.50. The number of benzene rings is 1. The lowest BCUT2D eigenvalue weighted by atomic mass is 9.96. The number of hydrogen-bond acceptors (Lipinski definition) is 4. The fourth-order valence-corrected chi connectivity index (χ4v) is 3.68. The molecule has 2 aromatic rings. The summed E-state index contributed by atoms with van der Waals surface area (Å²) in [7, 11) is 0. The summed E-state index contributed by atoms with van der Waals surface area (Å²) in [6.07, 6.45) is 2.87. The summed E-state index contributed by atoms with van der Waals surface area (Å²) in [5.41, 5.74) is 5.85. The van der Waals surface area contributed by atoms with Crippen molar-refractivity contribution in [3.63, 3.8) is 0 Å². The van der Waals surface area contributed by atoms with E-state index in [-0.39, 0.29) is 11.9 Å². The topological polar surface area (TPSA) is 86.4 Å². The van der Waals surface area contributed by atoms with E-state index in [1.807, 2.05) is 19.2 Å². The van der Waals surface area contributed by atoms with Crippen LogP contribution in [0.3, 0.4) is 0 Å². The first-order chi connectivity index (χ1) is 13.1. The first kappa shape index (κ1) is 17.5. The van der Waals surface area contributed by atoms with Crippen molar-refractivity contribution >= 4 is 17.6 Å². The standard InChI is InChI=1S/C20H23N5O2/c1-13-18(17-5-6-21-10-15(17)11-23-13)12-24-19(26)14-3-2-4-16(9-14)25-8-7-22-20(25)27/h2-4,9,11,21H,5-8,10,12H2,1H3,(H,22,27)(H,24,26). The van der Waals surface area contributed by atoms with Gasteiger partial charge >= 0.3 is 6.03 Å². The van der Waals surface area contributed by atoms with Crippen LogP contribution in [0.5, 0.6) is 0 Å². The number of nitrogens with one attached hydrogen (secondary N) is 3. The third kappa shape index (κ3) is 3.50. The molecule has 0 saturated carbocycles. The van der Waals surface area contributed by atoms with Crippen LogP contribution in [0.2, 0.25) is 0 Å². The Morgan fingerprint density at radius 1 is 1.33 bits per heavy atom. The van der Waals surface area contributed by atoms with Crippen LogP contribution in [0, 0.1) is 6.92 Å². The molecule has 1 saturated heterocycles. The molecule has 1 fully saturated rings. The molecule has 7 heteroatoms. The van der Waals surface area contributed by atoms with Crippen LogP contribution in [-0.2, 0) is 19.5 Å². The van der Waals surface area contributed by atoms with Crippen molar-refractivity contribution < 1.29 is 9.59 Å². The largest absolute Gasteiger partial charge is 0.348 e. The molecular weight excluding hydrogens is 342 g/mol. The lowest BCUT2D eigenvalue weighted by molar-refractivity contribution is 0.0950. The van der Waals surface area contributed by atoms with Gasteiger partial charge in [-0.3, -0.25) is 14.7 Å². The van der Waals surface area contributed by atoms with Crippen molar-refractivity contribution in [1.29, 1.82) is 0 Å². The number of amides is 3. The van der Waals surface area contributed by atoms with Gasteiger partial charge in [-0.05, 0) is 54.8 Å². The van der Waals surface area contributed by atoms with Crippen molar-refractivity contribution in [2.24, 2.45) is 0 Å². The van der Waals surface area contributed by atoms with Gasteiger partial charge in [0, 0.05) is 49.3 Å². The van der Waals surface area contributed by atoms with Gasteiger partial charge in [0.15, 0.2) is 0 Å². The number of carbonyl (C=O) groups excluding carboxylic acids is 2. The Bertz CT molecular complexity index is 896. The minimum Gasteiger partial charge on any atom is -0.348 e. The quantitative estimate of drug-likeness (QED) is 0.766. The summed E-state index contributed by atoms with van der Waals surface area (Å²) < 4.78 is 0. The second-order valence-corrected chi connectivity index (χ2v) is 6.87. The number of carbonyl (C=O) groups is 2.